The highest BCUT2D eigenvalue weighted by Gasteiger charge is 2.45. The number of aliphatic carboxylic acids is 2. The quantitative estimate of drug-likeness (QED) is 0.570. The summed E-state index contributed by atoms with van der Waals surface area (Å²) in [5.74, 6) is -1.72. The molecule has 0 bridgehead atoms. The molecule has 6 atom stereocenters. The fourth-order valence-corrected chi connectivity index (χ4v) is 4.60. The molecule has 0 radical (unpaired) electrons. The van der Waals surface area contributed by atoms with Gasteiger partial charge in [0.15, 0.2) is 0 Å². The minimum absolute atomic E-state index is 0.102. The van der Waals surface area contributed by atoms with Gasteiger partial charge in [0.2, 0.25) is 0 Å². The number of carbonyl (C=O) groups is 2. The summed E-state index contributed by atoms with van der Waals surface area (Å²) in [4.78, 5) is 23.5. The van der Waals surface area contributed by atoms with Crippen LogP contribution >= 0.6 is 0 Å². The lowest BCUT2D eigenvalue weighted by Gasteiger charge is -2.23. The molecule has 6 unspecified atom stereocenters. The summed E-state index contributed by atoms with van der Waals surface area (Å²) in [6, 6.07) is 0. The Labute approximate surface area is 140 Å². The molecule has 0 amide bonds. The van der Waals surface area contributed by atoms with Gasteiger partial charge in [-0.05, 0) is 63.2 Å². The van der Waals surface area contributed by atoms with E-state index in [0.717, 1.165) is 38.5 Å². The van der Waals surface area contributed by atoms with Crippen LogP contribution in [0.1, 0.15) is 51.4 Å². The summed E-state index contributed by atoms with van der Waals surface area (Å²) in [5, 5.41) is 19.2. The lowest BCUT2D eigenvalue weighted by atomic mass is 9.80. The second-order valence-electron chi connectivity index (χ2n) is 7.76. The van der Waals surface area contributed by atoms with Crippen LogP contribution in [0.3, 0.4) is 0 Å². The molecule has 6 heteroatoms. The van der Waals surface area contributed by atoms with Crippen LogP contribution in [-0.4, -0.2) is 46.6 Å². The van der Waals surface area contributed by atoms with E-state index in [1.165, 1.54) is 0 Å². The maximum Gasteiger partial charge on any atom is 0.332 e. The van der Waals surface area contributed by atoms with E-state index in [-0.39, 0.29) is 35.2 Å². The van der Waals surface area contributed by atoms with E-state index in [4.69, 9.17) is 9.47 Å². The molecule has 0 spiro atoms. The van der Waals surface area contributed by atoms with Crippen LogP contribution < -0.4 is 0 Å². The van der Waals surface area contributed by atoms with Gasteiger partial charge in [-0.1, -0.05) is 0 Å². The van der Waals surface area contributed by atoms with Crippen LogP contribution in [0.15, 0.2) is 11.1 Å². The van der Waals surface area contributed by atoms with E-state index >= 15 is 0 Å². The summed E-state index contributed by atoms with van der Waals surface area (Å²) in [6.07, 6.45) is 7.46. The fourth-order valence-electron chi connectivity index (χ4n) is 4.60. The molecule has 4 fully saturated rings. The van der Waals surface area contributed by atoms with Gasteiger partial charge in [-0.15, -0.1) is 0 Å². The smallest absolute Gasteiger partial charge is 0.332 e. The highest BCUT2D eigenvalue weighted by Crippen LogP contribution is 2.44. The molecule has 2 N–H and O–H groups in total. The van der Waals surface area contributed by atoms with Crippen molar-refractivity contribution in [2.24, 2.45) is 11.8 Å². The molecule has 24 heavy (non-hydrogen) atoms. The zero-order valence-electron chi connectivity index (χ0n) is 13.6. The Morgan fingerprint density at radius 2 is 1.12 bits per heavy atom. The third-order valence-electron chi connectivity index (χ3n) is 6.09. The standard InChI is InChI=1S/C18H24O6/c19-17(20)11(5-9-1-3-13-15(7-9)23-13)12(18(21)22)6-10-2-4-14-16(8-10)24-14/h9-10,13-16H,1-8H2,(H,19,20)(H,21,22)/b12-11-. The number of carboxylic acids is 2. The second-order valence-corrected chi connectivity index (χ2v) is 7.76. The Bertz CT molecular complexity index is 532. The Hall–Kier alpha value is -1.40. The third kappa shape index (κ3) is 3.35. The second kappa shape index (κ2) is 6.15. The van der Waals surface area contributed by atoms with Crippen molar-refractivity contribution < 1.29 is 29.3 Å². The van der Waals surface area contributed by atoms with Crippen molar-refractivity contribution in [2.45, 2.75) is 75.8 Å². The average molecular weight is 336 g/mol. The van der Waals surface area contributed by atoms with Crippen molar-refractivity contribution in [3.63, 3.8) is 0 Å². The third-order valence-corrected chi connectivity index (χ3v) is 6.09. The Kier molecular flexibility index (Phi) is 4.12. The maximum atomic E-state index is 11.7. The molecule has 4 rings (SSSR count). The molecule has 2 saturated carbocycles. The highest BCUT2D eigenvalue weighted by atomic mass is 16.6. The summed E-state index contributed by atoms with van der Waals surface area (Å²) >= 11 is 0. The zero-order chi connectivity index (χ0) is 16.8. The van der Waals surface area contributed by atoms with E-state index in [0.29, 0.717) is 25.0 Å². The van der Waals surface area contributed by atoms with Crippen molar-refractivity contribution in [3.8, 4) is 0 Å². The summed E-state index contributed by atoms with van der Waals surface area (Å²) in [7, 11) is 0. The van der Waals surface area contributed by atoms with Crippen LogP contribution in [-0.2, 0) is 19.1 Å². The molecule has 6 nitrogen and oxygen atoms in total. The largest absolute Gasteiger partial charge is 0.478 e. The lowest BCUT2D eigenvalue weighted by Crippen LogP contribution is -2.21. The van der Waals surface area contributed by atoms with Gasteiger partial charge in [-0.2, -0.15) is 0 Å². The van der Waals surface area contributed by atoms with Gasteiger partial charge in [-0.3, -0.25) is 0 Å². The predicted molar refractivity (Wildman–Crippen MR) is 83.5 cm³/mol. The average Bonchev–Trinajstić information content (AvgIpc) is 3.42. The minimum atomic E-state index is -1.08. The summed E-state index contributed by atoms with van der Waals surface area (Å²) in [5.41, 5.74) is 0.205. The first kappa shape index (κ1) is 16.1. The predicted octanol–water partition coefficient (Wildman–Crippen LogP) is 2.37. The van der Waals surface area contributed by atoms with Crippen molar-refractivity contribution in [2.75, 3.05) is 0 Å². The van der Waals surface area contributed by atoms with Gasteiger partial charge >= 0.3 is 11.9 Å². The Morgan fingerprint density at radius 1 is 0.708 bits per heavy atom. The van der Waals surface area contributed by atoms with Crippen LogP contribution in [0.2, 0.25) is 0 Å². The van der Waals surface area contributed by atoms with E-state index in [1.807, 2.05) is 0 Å². The monoisotopic (exact) mass is 336 g/mol. The maximum absolute atomic E-state index is 11.7. The number of rotatable bonds is 6. The molecule has 4 aliphatic rings. The summed E-state index contributed by atoms with van der Waals surface area (Å²) < 4.78 is 11.0. The lowest BCUT2D eigenvalue weighted by molar-refractivity contribution is -0.136. The number of hydrogen-bond acceptors (Lipinski definition) is 4. The van der Waals surface area contributed by atoms with E-state index in [9.17, 15) is 19.8 Å². The van der Waals surface area contributed by atoms with Crippen molar-refractivity contribution >= 4 is 11.9 Å². The number of ether oxygens (including phenoxy) is 2. The zero-order valence-corrected chi connectivity index (χ0v) is 13.6. The van der Waals surface area contributed by atoms with E-state index in [1.54, 1.807) is 0 Å². The number of hydrogen-bond donors (Lipinski definition) is 2. The van der Waals surface area contributed by atoms with Crippen molar-refractivity contribution in [3.05, 3.63) is 11.1 Å². The van der Waals surface area contributed by atoms with Gasteiger partial charge in [0, 0.05) is 11.1 Å². The van der Waals surface area contributed by atoms with Crippen molar-refractivity contribution in [1.82, 2.24) is 0 Å². The number of epoxide rings is 2. The van der Waals surface area contributed by atoms with Gasteiger partial charge in [0.1, 0.15) is 0 Å². The number of fused-ring (bicyclic) bond motifs is 2. The van der Waals surface area contributed by atoms with E-state index < -0.39 is 11.9 Å². The molecule has 0 aromatic heterocycles. The normalized spacial score (nSPS) is 40.8. The minimum Gasteiger partial charge on any atom is -0.478 e. The molecule has 2 saturated heterocycles. The Morgan fingerprint density at radius 3 is 1.46 bits per heavy atom. The number of carboxylic acid groups (broad SMARTS) is 2. The van der Waals surface area contributed by atoms with Crippen LogP contribution in [0, 0.1) is 11.8 Å². The van der Waals surface area contributed by atoms with Crippen molar-refractivity contribution in [1.29, 1.82) is 0 Å². The molecule has 0 aromatic rings. The highest BCUT2D eigenvalue weighted by molar-refractivity contribution is 5.98. The van der Waals surface area contributed by atoms with Gasteiger partial charge in [-0.25, -0.2) is 9.59 Å². The Balaban J connectivity index is 1.48. The topological polar surface area (TPSA) is 99.7 Å². The van der Waals surface area contributed by atoms with Crippen LogP contribution in [0.4, 0.5) is 0 Å². The van der Waals surface area contributed by atoms with Gasteiger partial charge in [0.25, 0.3) is 0 Å². The molecule has 132 valence electrons. The molecule has 2 aliphatic heterocycles. The SMILES string of the molecule is O=C(O)/C(CC1CCC2OC2C1)=C(/CC1CCC2OC2C1)C(=O)O. The van der Waals surface area contributed by atoms with Gasteiger partial charge in [0.05, 0.1) is 24.4 Å². The molecule has 2 aliphatic carbocycles. The summed E-state index contributed by atoms with van der Waals surface area (Å²) in [6.45, 7) is 0. The van der Waals surface area contributed by atoms with Crippen LogP contribution in [0.25, 0.3) is 0 Å². The molecule has 0 aromatic carbocycles. The van der Waals surface area contributed by atoms with Gasteiger partial charge < -0.3 is 19.7 Å². The fraction of sp³-hybridized carbons (Fsp3) is 0.778. The van der Waals surface area contributed by atoms with E-state index in [2.05, 4.69) is 0 Å². The molecular formula is C18H24O6. The molecular weight excluding hydrogens is 312 g/mol. The first-order valence-electron chi connectivity index (χ1n) is 9.00. The first-order valence-corrected chi connectivity index (χ1v) is 9.00. The molecule has 2 heterocycles. The first-order chi connectivity index (χ1) is 11.5. The van der Waals surface area contributed by atoms with Crippen LogP contribution in [0.5, 0.6) is 0 Å².